The van der Waals surface area contributed by atoms with Crippen molar-refractivity contribution in [2.45, 2.75) is 22.8 Å². The number of hydrogen-bond donors (Lipinski definition) is 1. The zero-order valence-corrected chi connectivity index (χ0v) is 12.1. The van der Waals surface area contributed by atoms with Crippen LogP contribution in [-0.4, -0.2) is 5.11 Å². The first-order valence-electron chi connectivity index (χ1n) is 5.48. The highest BCUT2D eigenvalue weighted by Gasteiger charge is 2.09. The number of rotatable bonds is 3. The van der Waals surface area contributed by atoms with Crippen molar-refractivity contribution in [3.63, 3.8) is 0 Å². The zero-order chi connectivity index (χ0) is 13.1. The molecule has 0 radical (unpaired) electrons. The smallest absolute Gasteiger partial charge is 0.0772 e. The number of aliphatic hydroxyl groups is 1. The van der Waals surface area contributed by atoms with Crippen molar-refractivity contribution >= 4 is 35.0 Å². The Balaban J connectivity index is 2.31. The third-order valence-corrected chi connectivity index (χ3v) is 4.31. The van der Waals surface area contributed by atoms with Gasteiger partial charge in [-0.2, -0.15) is 0 Å². The van der Waals surface area contributed by atoms with Crippen molar-refractivity contribution in [1.29, 1.82) is 0 Å². The van der Waals surface area contributed by atoms with Gasteiger partial charge in [0.2, 0.25) is 0 Å². The van der Waals surface area contributed by atoms with Crippen LogP contribution in [0.4, 0.5) is 0 Å². The summed E-state index contributed by atoms with van der Waals surface area (Å²) >= 11 is 13.4. The lowest BCUT2D eigenvalue weighted by Crippen LogP contribution is -1.93. The normalized spacial score (nSPS) is 12.4. The van der Waals surface area contributed by atoms with Gasteiger partial charge in [-0.1, -0.05) is 53.2 Å². The first kappa shape index (κ1) is 13.8. The van der Waals surface area contributed by atoms with Crippen molar-refractivity contribution in [1.82, 2.24) is 0 Å². The Hall–Kier alpha value is -0.670. The van der Waals surface area contributed by atoms with E-state index in [0.717, 1.165) is 15.4 Å². The van der Waals surface area contributed by atoms with Crippen molar-refractivity contribution < 1.29 is 5.11 Å². The summed E-state index contributed by atoms with van der Waals surface area (Å²) in [6.07, 6.45) is -0.489. The lowest BCUT2D eigenvalue weighted by molar-refractivity contribution is 0.196. The Morgan fingerprint density at radius 1 is 1.06 bits per heavy atom. The highest BCUT2D eigenvalue weighted by Crippen LogP contribution is 2.35. The number of halogens is 2. The van der Waals surface area contributed by atoms with Crippen LogP contribution in [0.1, 0.15) is 18.6 Å². The van der Waals surface area contributed by atoms with E-state index in [2.05, 4.69) is 0 Å². The quantitative estimate of drug-likeness (QED) is 0.840. The molecule has 0 unspecified atom stereocenters. The SMILES string of the molecule is C[C@@H](O)c1ccccc1Sc1ccc(Cl)c(Cl)c1. The van der Waals surface area contributed by atoms with Crippen LogP contribution in [0.15, 0.2) is 52.3 Å². The Bertz CT molecular complexity index is 555. The summed E-state index contributed by atoms with van der Waals surface area (Å²) in [6.45, 7) is 1.76. The average Bonchev–Trinajstić information content (AvgIpc) is 2.34. The van der Waals surface area contributed by atoms with E-state index in [4.69, 9.17) is 23.2 Å². The van der Waals surface area contributed by atoms with Gasteiger partial charge in [0.15, 0.2) is 0 Å². The third-order valence-electron chi connectivity index (χ3n) is 2.49. The maximum Gasteiger partial charge on any atom is 0.0772 e. The molecule has 2 aromatic rings. The first-order valence-corrected chi connectivity index (χ1v) is 7.05. The zero-order valence-electron chi connectivity index (χ0n) is 9.73. The minimum absolute atomic E-state index is 0.489. The van der Waals surface area contributed by atoms with E-state index < -0.39 is 6.10 Å². The van der Waals surface area contributed by atoms with E-state index >= 15 is 0 Å². The minimum atomic E-state index is -0.489. The molecule has 0 saturated heterocycles. The van der Waals surface area contributed by atoms with Crippen LogP contribution < -0.4 is 0 Å². The van der Waals surface area contributed by atoms with Gasteiger partial charge in [0.05, 0.1) is 16.1 Å². The molecule has 1 N–H and O–H groups in total. The lowest BCUT2D eigenvalue weighted by Gasteiger charge is -2.11. The van der Waals surface area contributed by atoms with Crippen LogP contribution in [0.5, 0.6) is 0 Å². The lowest BCUT2D eigenvalue weighted by atomic mass is 10.1. The molecule has 1 nitrogen and oxygen atoms in total. The second-order valence-electron chi connectivity index (χ2n) is 3.89. The second kappa shape index (κ2) is 5.98. The topological polar surface area (TPSA) is 20.2 Å². The molecule has 0 aliphatic rings. The third kappa shape index (κ3) is 3.21. The maximum atomic E-state index is 9.72. The standard InChI is InChI=1S/C14H12Cl2OS/c1-9(17)11-4-2-3-5-14(11)18-10-6-7-12(15)13(16)8-10/h2-9,17H,1H3/t9-/m1/s1. The van der Waals surface area contributed by atoms with Crippen LogP contribution in [0.3, 0.4) is 0 Å². The fourth-order valence-electron chi connectivity index (χ4n) is 1.59. The Morgan fingerprint density at radius 2 is 1.78 bits per heavy atom. The van der Waals surface area contributed by atoms with Gasteiger partial charge in [-0.3, -0.25) is 0 Å². The van der Waals surface area contributed by atoms with E-state index in [-0.39, 0.29) is 0 Å². The highest BCUT2D eigenvalue weighted by atomic mass is 35.5. The molecule has 0 aliphatic carbocycles. The fraction of sp³-hybridized carbons (Fsp3) is 0.143. The highest BCUT2D eigenvalue weighted by molar-refractivity contribution is 7.99. The summed E-state index contributed by atoms with van der Waals surface area (Å²) in [4.78, 5) is 2.02. The van der Waals surface area contributed by atoms with Gasteiger partial charge >= 0.3 is 0 Å². The van der Waals surface area contributed by atoms with Crippen molar-refractivity contribution in [2.75, 3.05) is 0 Å². The Labute approximate surface area is 121 Å². The molecule has 94 valence electrons. The van der Waals surface area contributed by atoms with Gasteiger partial charge in [0, 0.05) is 9.79 Å². The molecule has 0 heterocycles. The molecule has 0 fully saturated rings. The molecule has 0 saturated carbocycles. The van der Waals surface area contributed by atoms with E-state index in [9.17, 15) is 5.11 Å². The summed E-state index contributed by atoms with van der Waals surface area (Å²) < 4.78 is 0. The summed E-state index contributed by atoms with van der Waals surface area (Å²) in [5.74, 6) is 0. The predicted molar refractivity (Wildman–Crippen MR) is 77.7 cm³/mol. The fourth-order valence-corrected chi connectivity index (χ4v) is 3.02. The van der Waals surface area contributed by atoms with Crippen LogP contribution in [-0.2, 0) is 0 Å². The predicted octanol–water partition coefficient (Wildman–Crippen LogP) is 5.20. The first-order chi connectivity index (χ1) is 8.58. The number of hydrogen-bond acceptors (Lipinski definition) is 2. The molecule has 0 spiro atoms. The summed E-state index contributed by atoms with van der Waals surface area (Å²) in [7, 11) is 0. The summed E-state index contributed by atoms with van der Waals surface area (Å²) in [5.41, 5.74) is 0.911. The average molecular weight is 299 g/mol. The Morgan fingerprint density at radius 3 is 2.44 bits per heavy atom. The monoisotopic (exact) mass is 298 g/mol. The molecular weight excluding hydrogens is 287 g/mol. The van der Waals surface area contributed by atoms with Crippen LogP contribution in [0, 0.1) is 0 Å². The second-order valence-corrected chi connectivity index (χ2v) is 5.82. The molecule has 2 rings (SSSR count). The van der Waals surface area contributed by atoms with Crippen LogP contribution in [0.2, 0.25) is 10.0 Å². The van der Waals surface area contributed by atoms with E-state index in [1.165, 1.54) is 0 Å². The van der Waals surface area contributed by atoms with Gasteiger partial charge in [-0.25, -0.2) is 0 Å². The summed E-state index contributed by atoms with van der Waals surface area (Å²) in [5, 5.41) is 10.8. The molecule has 2 aromatic carbocycles. The van der Waals surface area contributed by atoms with Gasteiger partial charge in [-0.05, 0) is 36.8 Å². The maximum absolute atomic E-state index is 9.72. The molecule has 18 heavy (non-hydrogen) atoms. The van der Waals surface area contributed by atoms with Crippen LogP contribution in [0.25, 0.3) is 0 Å². The molecule has 0 aliphatic heterocycles. The molecule has 0 aromatic heterocycles. The van der Waals surface area contributed by atoms with Gasteiger partial charge < -0.3 is 5.11 Å². The van der Waals surface area contributed by atoms with Crippen molar-refractivity contribution in [2.24, 2.45) is 0 Å². The van der Waals surface area contributed by atoms with Gasteiger partial charge in [0.25, 0.3) is 0 Å². The summed E-state index contributed by atoms with van der Waals surface area (Å²) in [6, 6.07) is 13.3. The molecule has 1 atom stereocenters. The molecule has 0 amide bonds. The Kier molecular flexibility index (Phi) is 4.57. The van der Waals surface area contributed by atoms with Crippen molar-refractivity contribution in [3.8, 4) is 0 Å². The largest absolute Gasteiger partial charge is 0.389 e. The van der Waals surface area contributed by atoms with Gasteiger partial charge in [-0.15, -0.1) is 0 Å². The molecular formula is C14H12Cl2OS. The van der Waals surface area contributed by atoms with Crippen molar-refractivity contribution in [3.05, 3.63) is 58.1 Å². The van der Waals surface area contributed by atoms with Gasteiger partial charge in [0.1, 0.15) is 0 Å². The van der Waals surface area contributed by atoms with E-state index in [0.29, 0.717) is 10.0 Å². The number of aliphatic hydroxyl groups excluding tert-OH is 1. The van der Waals surface area contributed by atoms with E-state index in [1.54, 1.807) is 24.8 Å². The van der Waals surface area contributed by atoms with E-state index in [1.807, 2.05) is 36.4 Å². The minimum Gasteiger partial charge on any atom is -0.389 e. The molecule has 0 bridgehead atoms. The molecule has 4 heteroatoms. The number of benzene rings is 2. The van der Waals surface area contributed by atoms with Crippen LogP contribution >= 0.6 is 35.0 Å².